The maximum Gasteiger partial charge on any atom is 0.238 e. The van der Waals surface area contributed by atoms with Gasteiger partial charge < -0.3 is 9.84 Å². The number of fused-ring (bicyclic) bond motifs is 3. The Morgan fingerprint density at radius 3 is 2.41 bits per heavy atom. The molecule has 8 heteroatoms. The fourth-order valence-electron chi connectivity index (χ4n) is 7.16. The van der Waals surface area contributed by atoms with Crippen molar-refractivity contribution in [1.82, 2.24) is 0 Å². The van der Waals surface area contributed by atoms with E-state index in [1.165, 1.54) is 17.0 Å². The predicted molar refractivity (Wildman–Crippen MR) is 164 cm³/mol. The molecule has 0 bridgehead atoms. The van der Waals surface area contributed by atoms with E-state index in [1.807, 2.05) is 36.4 Å². The van der Waals surface area contributed by atoms with Crippen molar-refractivity contribution in [3.05, 3.63) is 123 Å². The third-order valence-electron chi connectivity index (χ3n) is 9.21. The molecular formula is C36H28ClNO6. The van der Waals surface area contributed by atoms with Gasteiger partial charge in [-0.3, -0.25) is 24.1 Å². The molecule has 0 saturated carbocycles. The number of hydrogen-bond donors (Lipinski definition) is 1. The third-order valence-corrected chi connectivity index (χ3v) is 9.46. The van der Waals surface area contributed by atoms with Crippen molar-refractivity contribution in [2.75, 3.05) is 4.90 Å². The van der Waals surface area contributed by atoms with Crippen LogP contribution in [-0.4, -0.2) is 28.5 Å². The van der Waals surface area contributed by atoms with Crippen LogP contribution >= 0.6 is 11.6 Å². The summed E-state index contributed by atoms with van der Waals surface area (Å²) in [6.45, 7) is 1.92. The van der Waals surface area contributed by atoms with Crippen molar-refractivity contribution in [1.29, 1.82) is 0 Å². The average Bonchev–Trinajstić information content (AvgIpc) is 3.28. The molecule has 220 valence electrons. The first-order valence-electron chi connectivity index (χ1n) is 14.6. The molecule has 0 aromatic heterocycles. The normalized spacial score (nSPS) is 24.5. The third kappa shape index (κ3) is 4.50. The second-order valence-corrected chi connectivity index (χ2v) is 12.1. The van der Waals surface area contributed by atoms with Crippen molar-refractivity contribution in [3.8, 4) is 11.5 Å². The van der Waals surface area contributed by atoms with Crippen LogP contribution in [0.4, 0.5) is 5.69 Å². The van der Waals surface area contributed by atoms with Crippen LogP contribution in [0.25, 0.3) is 0 Å². The highest BCUT2D eigenvalue weighted by molar-refractivity contribution is 6.31. The Balaban J connectivity index is 1.28. The minimum atomic E-state index is -0.750. The van der Waals surface area contributed by atoms with E-state index in [9.17, 15) is 24.3 Å². The molecule has 0 radical (unpaired) electrons. The minimum absolute atomic E-state index is 0.0832. The number of benzene rings is 3. The number of phenolic OH excluding ortho intramolecular Hbond substituents is 1. The van der Waals surface area contributed by atoms with Crippen molar-refractivity contribution in [3.63, 3.8) is 0 Å². The minimum Gasteiger partial charge on any atom is -0.507 e. The lowest BCUT2D eigenvalue weighted by atomic mass is 9.59. The molecule has 44 heavy (non-hydrogen) atoms. The zero-order chi connectivity index (χ0) is 30.7. The molecule has 4 aliphatic rings. The maximum absolute atomic E-state index is 14.0. The summed E-state index contributed by atoms with van der Waals surface area (Å²) in [6, 6.07) is 21.2. The maximum atomic E-state index is 14.0. The van der Waals surface area contributed by atoms with E-state index in [-0.39, 0.29) is 35.6 Å². The van der Waals surface area contributed by atoms with Crippen LogP contribution in [0.5, 0.6) is 11.5 Å². The molecule has 7 nitrogen and oxygen atoms in total. The van der Waals surface area contributed by atoms with Crippen molar-refractivity contribution >= 4 is 40.7 Å². The molecule has 3 aromatic rings. The van der Waals surface area contributed by atoms with Gasteiger partial charge in [-0.1, -0.05) is 59.6 Å². The molecule has 3 aromatic carbocycles. The van der Waals surface area contributed by atoms with Gasteiger partial charge in [0, 0.05) is 39.3 Å². The first kappa shape index (κ1) is 28.0. The van der Waals surface area contributed by atoms with E-state index < -0.39 is 23.7 Å². The number of rotatable bonds is 5. The molecule has 1 aliphatic heterocycles. The second-order valence-electron chi connectivity index (χ2n) is 11.7. The van der Waals surface area contributed by atoms with Gasteiger partial charge in [-0.15, -0.1) is 0 Å². The molecule has 0 unspecified atom stereocenters. The number of imide groups is 1. The van der Waals surface area contributed by atoms with Crippen LogP contribution in [0.2, 0.25) is 5.02 Å². The van der Waals surface area contributed by atoms with Gasteiger partial charge in [-0.2, -0.15) is 0 Å². The number of halogens is 1. The fourth-order valence-corrected chi connectivity index (χ4v) is 7.29. The zero-order valence-electron chi connectivity index (χ0n) is 23.8. The van der Waals surface area contributed by atoms with Crippen LogP contribution in [0.15, 0.2) is 107 Å². The Kier molecular flexibility index (Phi) is 6.85. The number of hydrogen-bond acceptors (Lipinski definition) is 6. The van der Waals surface area contributed by atoms with Crippen LogP contribution in [-0.2, 0) is 25.8 Å². The van der Waals surface area contributed by atoms with Gasteiger partial charge in [0.25, 0.3) is 0 Å². The van der Waals surface area contributed by atoms with Gasteiger partial charge in [0.1, 0.15) is 18.1 Å². The van der Waals surface area contributed by atoms with E-state index in [0.717, 1.165) is 11.1 Å². The molecule has 0 spiro atoms. The number of Topliss-reactive ketones (excluding diaryl/α,β-unsaturated/α-hetero) is 1. The summed E-state index contributed by atoms with van der Waals surface area (Å²) in [4.78, 5) is 55.9. The summed E-state index contributed by atoms with van der Waals surface area (Å²) in [7, 11) is 0. The molecule has 1 N–H and O–H groups in total. The van der Waals surface area contributed by atoms with Crippen molar-refractivity contribution in [2.24, 2.45) is 17.8 Å². The highest BCUT2D eigenvalue weighted by Crippen LogP contribution is 2.56. The van der Waals surface area contributed by atoms with Crippen LogP contribution in [0.1, 0.15) is 36.8 Å². The summed E-state index contributed by atoms with van der Waals surface area (Å²) >= 11 is 6.05. The van der Waals surface area contributed by atoms with Crippen LogP contribution in [0, 0.1) is 17.8 Å². The number of phenols is 1. The van der Waals surface area contributed by atoms with E-state index >= 15 is 0 Å². The lowest BCUT2D eigenvalue weighted by Gasteiger charge is -2.42. The van der Waals surface area contributed by atoms with Gasteiger partial charge in [-0.25, -0.2) is 0 Å². The van der Waals surface area contributed by atoms with Crippen molar-refractivity contribution < 1.29 is 29.0 Å². The molecule has 4 atom stereocenters. The quantitative estimate of drug-likeness (QED) is 0.209. The Bertz CT molecular complexity index is 1840. The fraction of sp³-hybridized carbons (Fsp3) is 0.222. The summed E-state index contributed by atoms with van der Waals surface area (Å²) in [6.07, 6.45) is 3.75. The number of amides is 2. The Labute approximate surface area is 259 Å². The summed E-state index contributed by atoms with van der Waals surface area (Å²) in [5.41, 5.74) is 3.63. The van der Waals surface area contributed by atoms with E-state index in [1.54, 1.807) is 43.3 Å². The smallest absolute Gasteiger partial charge is 0.238 e. The molecular weight excluding hydrogens is 578 g/mol. The molecule has 3 aliphatic carbocycles. The Morgan fingerprint density at radius 2 is 1.68 bits per heavy atom. The number of nitrogens with zero attached hydrogens (tertiary/aromatic N) is 1. The van der Waals surface area contributed by atoms with E-state index in [2.05, 4.69) is 0 Å². The second kappa shape index (κ2) is 10.8. The largest absolute Gasteiger partial charge is 0.507 e. The molecule has 1 heterocycles. The molecule has 1 saturated heterocycles. The molecule has 1 fully saturated rings. The number of allylic oxidation sites excluding steroid dienone is 6. The topological polar surface area (TPSA) is 101 Å². The summed E-state index contributed by atoms with van der Waals surface area (Å²) < 4.78 is 5.91. The number of aromatic hydroxyl groups is 1. The van der Waals surface area contributed by atoms with Crippen LogP contribution < -0.4 is 9.64 Å². The number of carbonyl (C=O) groups is 4. The Morgan fingerprint density at radius 1 is 0.932 bits per heavy atom. The lowest BCUT2D eigenvalue weighted by molar-refractivity contribution is -0.123. The average molecular weight is 606 g/mol. The first-order chi connectivity index (χ1) is 21.2. The van der Waals surface area contributed by atoms with E-state index in [0.29, 0.717) is 51.8 Å². The van der Waals surface area contributed by atoms with Gasteiger partial charge in [0.15, 0.2) is 11.6 Å². The van der Waals surface area contributed by atoms with Crippen LogP contribution in [0.3, 0.4) is 0 Å². The monoisotopic (exact) mass is 605 g/mol. The molecule has 2 amide bonds. The number of carbonyl (C=O) groups excluding carboxylic acids is 4. The summed E-state index contributed by atoms with van der Waals surface area (Å²) in [5, 5.41) is 11.8. The SMILES string of the molecule is CC1=CC(=O)C2=C(C1=O)[C@@H](c1ccc(OCc3ccccc3)cc1O)C1=CC[C@@H]3C(=O)N(c4ccc(Cl)cc4)C(=O)[C@@H]3[C@@H]1C2. The van der Waals surface area contributed by atoms with Gasteiger partial charge in [0.2, 0.25) is 11.8 Å². The number of ketones is 2. The predicted octanol–water partition coefficient (Wildman–Crippen LogP) is 6.26. The van der Waals surface area contributed by atoms with Gasteiger partial charge in [0.05, 0.1) is 17.5 Å². The molecule has 7 rings (SSSR count). The highest BCUT2D eigenvalue weighted by atomic mass is 35.5. The standard InChI is InChI=1S/C36H28ClNO6/c1-19-15-29(39)28-17-27-24(13-14-26-32(27)36(43)38(35(26)42)22-9-7-21(37)8-10-22)31(33(28)34(19)41)25-12-11-23(16-30(25)40)44-18-20-5-3-2-4-6-20/h2-13,15-16,26-27,31-32,40H,14,17-18H2,1H3/t26-,27+,31+,32-/m0/s1. The first-order valence-corrected chi connectivity index (χ1v) is 14.9. The van der Waals surface area contributed by atoms with E-state index in [4.69, 9.17) is 16.3 Å². The van der Waals surface area contributed by atoms with Crippen molar-refractivity contribution in [2.45, 2.75) is 32.3 Å². The Hall–Kier alpha value is -4.75. The van der Waals surface area contributed by atoms with Gasteiger partial charge >= 0.3 is 0 Å². The number of anilines is 1. The zero-order valence-corrected chi connectivity index (χ0v) is 24.6. The van der Waals surface area contributed by atoms with Gasteiger partial charge in [-0.05, 0) is 67.7 Å². The highest BCUT2D eigenvalue weighted by Gasteiger charge is 2.56. The summed E-state index contributed by atoms with van der Waals surface area (Å²) in [5.74, 6) is -3.35. The number of ether oxygens (including phenoxy) is 1. The lowest BCUT2D eigenvalue weighted by Crippen LogP contribution is -2.39.